The van der Waals surface area contributed by atoms with Gasteiger partial charge in [-0.2, -0.15) is 0 Å². The molecule has 0 aliphatic heterocycles. The Bertz CT molecular complexity index is 640. The minimum Gasteiger partial charge on any atom is -0.333 e. The third-order valence-electron chi connectivity index (χ3n) is 4.31. The van der Waals surface area contributed by atoms with E-state index in [-0.39, 0.29) is 18.4 Å². The van der Waals surface area contributed by atoms with Gasteiger partial charge in [-0.05, 0) is 62.8 Å². The van der Waals surface area contributed by atoms with Crippen LogP contribution in [0.3, 0.4) is 0 Å². The predicted molar refractivity (Wildman–Crippen MR) is 101 cm³/mol. The fourth-order valence-electron chi connectivity index (χ4n) is 2.85. The van der Waals surface area contributed by atoms with Crippen LogP contribution in [0, 0.1) is 6.92 Å². The zero-order valence-electron chi connectivity index (χ0n) is 14.4. The van der Waals surface area contributed by atoms with Crippen molar-refractivity contribution >= 4 is 33.4 Å². The maximum atomic E-state index is 12.2. The summed E-state index contributed by atoms with van der Waals surface area (Å²) in [5.41, 5.74) is 3.22. The first-order chi connectivity index (χ1) is 11.5. The average molecular weight is 393 g/mol. The molecule has 0 atom stereocenters. The fraction of sp³-hybridized carbons (Fsp3) is 0.474. The Morgan fingerprint density at radius 2 is 2.08 bits per heavy atom. The van der Waals surface area contributed by atoms with Gasteiger partial charge in [0, 0.05) is 23.6 Å². The van der Waals surface area contributed by atoms with E-state index >= 15 is 0 Å². The van der Waals surface area contributed by atoms with Gasteiger partial charge in [0.05, 0.1) is 6.54 Å². The van der Waals surface area contributed by atoms with E-state index in [0.717, 1.165) is 35.0 Å². The molecule has 4 nitrogen and oxygen atoms in total. The molecule has 24 heavy (non-hydrogen) atoms. The maximum Gasteiger partial charge on any atom is 0.243 e. The summed E-state index contributed by atoms with van der Waals surface area (Å²) < 4.78 is 1.01. The molecule has 0 bridgehead atoms. The normalized spacial score (nSPS) is 14.0. The highest BCUT2D eigenvalue weighted by molar-refractivity contribution is 9.10. The molecule has 2 amide bonds. The van der Waals surface area contributed by atoms with Gasteiger partial charge >= 0.3 is 0 Å². The molecule has 0 aromatic heterocycles. The number of nitrogens with zero attached hydrogens (tertiary/aromatic N) is 1. The van der Waals surface area contributed by atoms with E-state index in [2.05, 4.69) is 27.3 Å². The molecular formula is C19H25BrN2O2. The van der Waals surface area contributed by atoms with Crippen molar-refractivity contribution in [3.05, 3.63) is 39.9 Å². The highest BCUT2D eigenvalue weighted by atomic mass is 79.9. The van der Waals surface area contributed by atoms with Crippen LogP contribution in [0.5, 0.6) is 0 Å². The molecule has 1 aliphatic rings. The molecule has 130 valence electrons. The highest BCUT2D eigenvalue weighted by Crippen LogP contribution is 2.21. The van der Waals surface area contributed by atoms with E-state index in [0.29, 0.717) is 6.54 Å². The zero-order valence-corrected chi connectivity index (χ0v) is 16.0. The van der Waals surface area contributed by atoms with Crippen molar-refractivity contribution in [1.82, 2.24) is 4.90 Å². The first-order valence-electron chi connectivity index (χ1n) is 8.45. The van der Waals surface area contributed by atoms with Gasteiger partial charge in [0.2, 0.25) is 11.8 Å². The number of hydrogen-bond donors (Lipinski definition) is 1. The molecule has 0 unspecified atom stereocenters. The van der Waals surface area contributed by atoms with Crippen molar-refractivity contribution in [3.63, 3.8) is 0 Å². The minimum absolute atomic E-state index is 0.0615. The summed E-state index contributed by atoms with van der Waals surface area (Å²) in [6.45, 7) is 4.19. The monoisotopic (exact) mass is 392 g/mol. The van der Waals surface area contributed by atoms with Gasteiger partial charge < -0.3 is 10.2 Å². The second kappa shape index (κ2) is 9.02. The number of allylic oxidation sites excluding steroid dienone is 1. The smallest absolute Gasteiger partial charge is 0.243 e. The summed E-state index contributed by atoms with van der Waals surface area (Å²) >= 11 is 3.44. The Morgan fingerprint density at radius 1 is 1.29 bits per heavy atom. The number of benzene rings is 1. The second-order valence-electron chi connectivity index (χ2n) is 6.31. The van der Waals surface area contributed by atoms with Gasteiger partial charge in [0.15, 0.2) is 0 Å². The first kappa shape index (κ1) is 18.7. The van der Waals surface area contributed by atoms with Crippen LogP contribution in [0.1, 0.15) is 44.6 Å². The molecule has 1 aliphatic carbocycles. The quantitative estimate of drug-likeness (QED) is 0.727. The summed E-state index contributed by atoms with van der Waals surface area (Å²) in [6.07, 6.45) is 7.90. The summed E-state index contributed by atoms with van der Waals surface area (Å²) in [4.78, 5) is 25.7. The van der Waals surface area contributed by atoms with Gasteiger partial charge in [0.25, 0.3) is 0 Å². The van der Waals surface area contributed by atoms with Crippen LogP contribution in [0.25, 0.3) is 0 Å². The molecule has 1 N–H and O–H groups in total. The van der Waals surface area contributed by atoms with E-state index in [9.17, 15) is 9.59 Å². The zero-order chi connectivity index (χ0) is 17.5. The predicted octanol–water partition coefficient (Wildman–Crippen LogP) is 4.44. The molecule has 0 radical (unpaired) electrons. The number of carbonyl (C=O) groups is 2. The largest absolute Gasteiger partial charge is 0.333 e. The number of rotatable bonds is 6. The topological polar surface area (TPSA) is 49.4 Å². The van der Waals surface area contributed by atoms with E-state index in [1.807, 2.05) is 25.1 Å². The Labute approximate surface area is 152 Å². The first-order valence-corrected chi connectivity index (χ1v) is 9.24. The number of carbonyl (C=O) groups excluding carboxylic acids is 2. The van der Waals surface area contributed by atoms with Gasteiger partial charge in [-0.1, -0.05) is 27.6 Å². The summed E-state index contributed by atoms with van der Waals surface area (Å²) in [5.74, 6) is -0.224. The number of nitrogens with one attached hydrogen (secondary N) is 1. The molecular weight excluding hydrogens is 368 g/mol. The van der Waals surface area contributed by atoms with Crippen molar-refractivity contribution < 1.29 is 9.59 Å². The lowest BCUT2D eigenvalue weighted by Crippen LogP contribution is -2.37. The Balaban J connectivity index is 1.89. The van der Waals surface area contributed by atoms with Crippen LogP contribution in [0.4, 0.5) is 5.69 Å². The molecule has 1 aromatic rings. The molecule has 0 saturated heterocycles. The summed E-state index contributed by atoms with van der Waals surface area (Å²) in [5, 5.41) is 2.86. The third-order valence-corrected chi connectivity index (χ3v) is 5.20. The van der Waals surface area contributed by atoms with Crippen LogP contribution in [-0.2, 0) is 9.59 Å². The average Bonchev–Trinajstić information content (AvgIpc) is 2.55. The van der Waals surface area contributed by atoms with E-state index < -0.39 is 0 Å². The molecule has 0 spiro atoms. The number of halogens is 1. The Kier molecular flexibility index (Phi) is 7.03. The molecule has 0 fully saturated rings. The molecule has 1 aromatic carbocycles. The molecule has 5 heteroatoms. The van der Waals surface area contributed by atoms with E-state index in [1.54, 1.807) is 4.90 Å². The fourth-order valence-corrected chi connectivity index (χ4v) is 3.10. The third kappa shape index (κ3) is 5.78. The number of anilines is 1. The standard InChI is InChI=1S/C19H25BrN2O2/c1-14-12-17(8-9-18(14)20)21-19(24)13-22(15(2)23)11-10-16-6-4-3-5-7-16/h6,8-9,12H,3-5,7,10-11,13H2,1-2H3,(H,21,24). The van der Waals surface area contributed by atoms with Crippen LogP contribution >= 0.6 is 15.9 Å². The Morgan fingerprint density at radius 3 is 2.71 bits per heavy atom. The summed E-state index contributed by atoms with van der Waals surface area (Å²) in [7, 11) is 0. The lowest BCUT2D eigenvalue weighted by Gasteiger charge is -2.22. The SMILES string of the molecule is CC(=O)N(CCC1=CCCCC1)CC(=O)Nc1ccc(Br)c(C)c1. The number of hydrogen-bond acceptors (Lipinski definition) is 2. The van der Waals surface area contributed by atoms with Gasteiger partial charge in [-0.15, -0.1) is 0 Å². The van der Waals surface area contributed by atoms with Crippen molar-refractivity contribution in [3.8, 4) is 0 Å². The lowest BCUT2D eigenvalue weighted by molar-refractivity contribution is -0.132. The van der Waals surface area contributed by atoms with Crippen LogP contribution in [0.15, 0.2) is 34.3 Å². The van der Waals surface area contributed by atoms with E-state index in [4.69, 9.17) is 0 Å². The van der Waals surface area contributed by atoms with Crippen LogP contribution in [-0.4, -0.2) is 29.8 Å². The van der Waals surface area contributed by atoms with Crippen LogP contribution < -0.4 is 5.32 Å². The van der Waals surface area contributed by atoms with Crippen molar-refractivity contribution in [2.75, 3.05) is 18.4 Å². The van der Waals surface area contributed by atoms with Crippen molar-refractivity contribution in [2.24, 2.45) is 0 Å². The highest BCUT2D eigenvalue weighted by Gasteiger charge is 2.15. The molecule has 0 saturated carbocycles. The molecule has 2 rings (SSSR count). The van der Waals surface area contributed by atoms with Crippen LogP contribution in [0.2, 0.25) is 0 Å². The Hall–Kier alpha value is -1.62. The minimum atomic E-state index is -0.162. The lowest BCUT2D eigenvalue weighted by atomic mass is 9.97. The van der Waals surface area contributed by atoms with Gasteiger partial charge in [-0.25, -0.2) is 0 Å². The van der Waals surface area contributed by atoms with Gasteiger partial charge in [0.1, 0.15) is 0 Å². The maximum absolute atomic E-state index is 12.2. The van der Waals surface area contributed by atoms with Gasteiger partial charge in [-0.3, -0.25) is 9.59 Å². The van der Waals surface area contributed by atoms with E-state index in [1.165, 1.54) is 25.3 Å². The van der Waals surface area contributed by atoms with Crippen molar-refractivity contribution in [1.29, 1.82) is 0 Å². The molecule has 0 heterocycles. The second-order valence-corrected chi connectivity index (χ2v) is 7.17. The van der Waals surface area contributed by atoms with Crippen molar-refractivity contribution in [2.45, 2.75) is 46.0 Å². The summed E-state index contributed by atoms with van der Waals surface area (Å²) in [6, 6.07) is 5.66. The number of amides is 2. The number of aryl methyl sites for hydroxylation is 1.